The van der Waals surface area contributed by atoms with E-state index in [4.69, 9.17) is 28.4 Å². The number of hydrogen-bond acceptors (Lipinski definition) is 12. The number of esters is 5. The molecule has 0 aromatic heterocycles. The Balaban J connectivity index is 2.35. The average molecular weight is 494 g/mol. The Bertz CT molecular complexity index is 967. The molecule has 190 valence electrons. The SMILES string of the molecule is CC(=O)OC[C@H]1O[C@@H](OC(=O)/C=C/c2ccc(O)cc2)[C@H](OC(C)=O)[C@@H](OC(C)=O)[C@@H]1OC(C)=O. The number of aromatic hydroxyl groups is 1. The maximum Gasteiger partial charge on any atom is 0.333 e. The minimum absolute atomic E-state index is 0.0437. The Morgan fingerprint density at radius 1 is 0.800 bits per heavy atom. The van der Waals surface area contributed by atoms with Crippen molar-refractivity contribution < 1.29 is 57.5 Å². The van der Waals surface area contributed by atoms with Gasteiger partial charge in [-0.25, -0.2) is 4.79 Å². The topological polar surface area (TPSA) is 161 Å². The number of hydrogen-bond donors (Lipinski definition) is 1. The molecule has 0 spiro atoms. The highest BCUT2D eigenvalue weighted by atomic mass is 16.7. The van der Waals surface area contributed by atoms with Crippen LogP contribution in [0, 0.1) is 0 Å². The fraction of sp³-hybridized carbons (Fsp3) is 0.435. The molecular formula is C23H26O12. The van der Waals surface area contributed by atoms with Crippen molar-refractivity contribution in [3.63, 3.8) is 0 Å². The molecule has 1 heterocycles. The number of rotatable bonds is 8. The van der Waals surface area contributed by atoms with Gasteiger partial charge in [0.15, 0.2) is 12.2 Å². The summed E-state index contributed by atoms with van der Waals surface area (Å²) < 4.78 is 31.6. The highest BCUT2D eigenvalue weighted by molar-refractivity contribution is 5.87. The lowest BCUT2D eigenvalue weighted by atomic mass is 9.98. The van der Waals surface area contributed by atoms with Crippen molar-refractivity contribution >= 4 is 35.9 Å². The minimum atomic E-state index is -1.62. The van der Waals surface area contributed by atoms with Gasteiger partial charge >= 0.3 is 29.8 Å². The molecule has 0 aliphatic carbocycles. The predicted molar refractivity (Wildman–Crippen MR) is 115 cm³/mol. The van der Waals surface area contributed by atoms with Crippen molar-refractivity contribution in [1.29, 1.82) is 0 Å². The molecule has 35 heavy (non-hydrogen) atoms. The van der Waals surface area contributed by atoms with Crippen LogP contribution in [0.2, 0.25) is 0 Å². The van der Waals surface area contributed by atoms with E-state index in [1.165, 1.54) is 18.2 Å². The highest BCUT2D eigenvalue weighted by Gasteiger charge is 2.53. The molecule has 1 aliphatic rings. The minimum Gasteiger partial charge on any atom is -0.508 e. The third kappa shape index (κ3) is 8.74. The molecule has 1 fully saturated rings. The largest absolute Gasteiger partial charge is 0.508 e. The third-order valence-corrected chi connectivity index (χ3v) is 4.49. The highest BCUT2D eigenvalue weighted by Crippen LogP contribution is 2.30. The van der Waals surface area contributed by atoms with Gasteiger partial charge < -0.3 is 33.5 Å². The summed E-state index contributed by atoms with van der Waals surface area (Å²) in [5.41, 5.74) is 0.571. The first-order chi connectivity index (χ1) is 16.5. The van der Waals surface area contributed by atoms with Gasteiger partial charge in [0.1, 0.15) is 18.5 Å². The van der Waals surface area contributed by atoms with Gasteiger partial charge in [0.2, 0.25) is 12.4 Å². The zero-order valence-electron chi connectivity index (χ0n) is 19.5. The van der Waals surface area contributed by atoms with Crippen LogP contribution in [0.15, 0.2) is 30.3 Å². The lowest BCUT2D eigenvalue weighted by Crippen LogP contribution is -2.63. The van der Waals surface area contributed by atoms with Crippen LogP contribution in [0.1, 0.15) is 33.3 Å². The molecule has 0 unspecified atom stereocenters. The fourth-order valence-electron chi connectivity index (χ4n) is 3.19. The van der Waals surface area contributed by atoms with Gasteiger partial charge in [0.25, 0.3) is 0 Å². The first-order valence-electron chi connectivity index (χ1n) is 10.4. The van der Waals surface area contributed by atoms with Gasteiger partial charge in [-0.15, -0.1) is 0 Å². The monoisotopic (exact) mass is 494 g/mol. The summed E-state index contributed by atoms with van der Waals surface area (Å²) in [5.74, 6) is -3.96. The Kier molecular flexibility index (Phi) is 9.76. The summed E-state index contributed by atoms with van der Waals surface area (Å²) in [6.07, 6.45) is -4.73. The van der Waals surface area contributed by atoms with Crippen molar-refractivity contribution in [2.45, 2.75) is 58.4 Å². The van der Waals surface area contributed by atoms with Gasteiger partial charge in [-0.1, -0.05) is 12.1 Å². The predicted octanol–water partition coefficient (Wildman–Crippen LogP) is 1.03. The summed E-state index contributed by atoms with van der Waals surface area (Å²) in [6.45, 7) is 3.93. The molecule has 0 amide bonds. The maximum atomic E-state index is 12.5. The van der Waals surface area contributed by atoms with Crippen LogP contribution >= 0.6 is 0 Å². The van der Waals surface area contributed by atoms with E-state index < -0.39 is 67.2 Å². The van der Waals surface area contributed by atoms with Gasteiger partial charge in [0.05, 0.1) is 0 Å². The normalized spacial score (nSPS) is 23.7. The molecule has 12 nitrogen and oxygen atoms in total. The van der Waals surface area contributed by atoms with E-state index >= 15 is 0 Å². The molecule has 1 N–H and O–H groups in total. The molecular weight excluding hydrogens is 468 g/mol. The fourth-order valence-corrected chi connectivity index (χ4v) is 3.19. The summed E-state index contributed by atoms with van der Waals surface area (Å²) in [7, 11) is 0. The Morgan fingerprint density at radius 2 is 1.34 bits per heavy atom. The molecule has 1 aromatic rings. The number of carbonyl (C=O) groups excluding carboxylic acids is 5. The van der Waals surface area contributed by atoms with Crippen LogP contribution in [-0.2, 0) is 52.4 Å². The van der Waals surface area contributed by atoms with Crippen LogP contribution in [0.3, 0.4) is 0 Å². The van der Waals surface area contributed by atoms with Crippen LogP contribution in [0.4, 0.5) is 0 Å². The van der Waals surface area contributed by atoms with Crippen LogP contribution in [-0.4, -0.2) is 72.3 Å². The summed E-state index contributed by atoms with van der Waals surface area (Å²) in [6, 6.07) is 5.94. The van der Waals surface area contributed by atoms with Crippen LogP contribution < -0.4 is 0 Å². The van der Waals surface area contributed by atoms with E-state index in [9.17, 15) is 29.1 Å². The van der Waals surface area contributed by atoms with Gasteiger partial charge in [0, 0.05) is 33.8 Å². The number of benzene rings is 1. The average Bonchev–Trinajstić information content (AvgIpc) is 2.75. The molecule has 5 atom stereocenters. The van der Waals surface area contributed by atoms with E-state index in [1.807, 2.05) is 0 Å². The van der Waals surface area contributed by atoms with Crippen molar-refractivity contribution in [3.05, 3.63) is 35.9 Å². The van der Waals surface area contributed by atoms with E-state index in [2.05, 4.69) is 0 Å². The van der Waals surface area contributed by atoms with Gasteiger partial charge in [-0.05, 0) is 23.8 Å². The van der Waals surface area contributed by atoms with Gasteiger partial charge in [-0.2, -0.15) is 0 Å². The maximum absolute atomic E-state index is 12.5. The van der Waals surface area contributed by atoms with Crippen LogP contribution in [0.25, 0.3) is 6.08 Å². The van der Waals surface area contributed by atoms with Crippen LogP contribution in [0.5, 0.6) is 5.75 Å². The third-order valence-electron chi connectivity index (χ3n) is 4.49. The first-order valence-corrected chi connectivity index (χ1v) is 10.4. The lowest BCUT2D eigenvalue weighted by molar-refractivity contribution is -0.299. The summed E-state index contributed by atoms with van der Waals surface area (Å²) in [4.78, 5) is 59.1. The smallest absolute Gasteiger partial charge is 0.333 e. The quantitative estimate of drug-likeness (QED) is 0.311. The van der Waals surface area contributed by atoms with E-state index in [0.29, 0.717) is 5.56 Å². The molecule has 2 rings (SSSR count). The van der Waals surface area contributed by atoms with Crippen molar-refractivity contribution in [3.8, 4) is 5.75 Å². The zero-order chi connectivity index (χ0) is 26.1. The molecule has 12 heteroatoms. The van der Waals surface area contributed by atoms with Crippen molar-refractivity contribution in [2.75, 3.05) is 6.61 Å². The molecule has 1 saturated heterocycles. The number of phenols is 1. The first kappa shape index (κ1) is 27.3. The second kappa shape index (κ2) is 12.5. The lowest BCUT2D eigenvalue weighted by Gasteiger charge is -2.43. The number of carbonyl (C=O) groups is 5. The van der Waals surface area contributed by atoms with Crippen molar-refractivity contribution in [2.24, 2.45) is 0 Å². The van der Waals surface area contributed by atoms with Gasteiger partial charge in [-0.3, -0.25) is 19.2 Å². The van der Waals surface area contributed by atoms with E-state index in [1.54, 1.807) is 12.1 Å². The van der Waals surface area contributed by atoms with E-state index in [-0.39, 0.29) is 5.75 Å². The zero-order valence-corrected chi connectivity index (χ0v) is 19.5. The molecule has 0 saturated carbocycles. The number of ether oxygens (including phenoxy) is 6. The second-order valence-electron chi connectivity index (χ2n) is 7.43. The molecule has 1 aromatic carbocycles. The number of phenolic OH excluding ortho intramolecular Hbond substituents is 1. The molecule has 0 radical (unpaired) electrons. The Morgan fingerprint density at radius 3 is 1.89 bits per heavy atom. The van der Waals surface area contributed by atoms with E-state index in [0.717, 1.165) is 33.8 Å². The molecule has 1 aliphatic heterocycles. The van der Waals surface area contributed by atoms with Crippen molar-refractivity contribution in [1.82, 2.24) is 0 Å². The summed E-state index contributed by atoms with van der Waals surface area (Å²) in [5, 5.41) is 9.35. The Labute approximate surface area is 200 Å². The summed E-state index contributed by atoms with van der Waals surface area (Å²) >= 11 is 0. The standard InChI is InChI=1S/C23H26O12/c1-12(24)30-11-18-20(31-13(2)25)21(32-14(3)26)22(33-15(4)27)23(34-18)35-19(29)10-7-16-5-8-17(28)9-6-16/h5-10,18,20-23,28H,11H2,1-4H3/b10-7+/t18-,20-,21+,22-,23+/m1/s1. The molecule has 0 bridgehead atoms. The second-order valence-corrected chi connectivity index (χ2v) is 7.43. The Hall–Kier alpha value is -3.93.